The monoisotopic (exact) mass is 235 g/mol. The lowest BCUT2D eigenvalue weighted by Crippen LogP contribution is -2.33. The minimum absolute atomic E-state index is 0.0710. The Kier molecular flexibility index (Phi) is 5.63. The van der Waals surface area contributed by atoms with E-state index in [1.165, 1.54) is 0 Å². The zero-order valence-corrected chi connectivity index (χ0v) is 10.8. The molecule has 0 radical (unpaired) electrons. The van der Waals surface area contributed by atoms with Crippen molar-refractivity contribution in [2.24, 2.45) is 0 Å². The summed E-state index contributed by atoms with van der Waals surface area (Å²) in [5.74, 6) is 0.0710. The molecule has 0 saturated heterocycles. The summed E-state index contributed by atoms with van der Waals surface area (Å²) in [6.07, 6.45) is 4.06. The Balaban J connectivity index is 2.36. The number of carbonyl (C=O) groups excluding carboxylic acids is 1. The van der Waals surface area contributed by atoms with Crippen molar-refractivity contribution in [1.82, 2.24) is 15.6 Å². The number of aromatic nitrogens is 1. The minimum Gasteiger partial charge on any atom is -0.352 e. The third kappa shape index (κ3) is 4.95. The van der Waals surface area contributed by atoms with Gasteiger partial charge in [0.2, 0.25) is 5.91 Å². The molecule has 1 amide bonds. The molecule has 0 aromatic carbocycles. The van der Waals surface area contributed by atoms with E-state index in [0.717, 1.165) is 17.7 Å². The van der Waals surface area contributed by atoms with Crippen LogP contribution in [0.15, 0.2) is 18.5 Å². The Morgan fingerprint density at radius 1 is 1.53 bits per heavy atom. The van der Waals surface area contributed by atoms with Crippen LogP contribution in [0.4, 0.5) is 0 Å². The molecule has 1 heterocycles. The molecule has 1 aromatic heterocycles. The smallest absolute Gasteiger partial charge is 0.221 e. The Bertz CT molecular complexity index is 365. The molecule has 0 spiro atoms. The fourth-order valence-electron chi connectivity index (χ4n) is 1.65. The SMILES string of the molecule is CCNC(C)CC(=O)NCc1cnccc1C. The molecule has 17 heavy (non-hydrogen) atoms. The number of hydrogen-bond acceptors (Lipinski definition) is 3. The van der Waals surface area contributed by atoms with E-state index in [2.05, 4.69) is 15.6 Å². The molecule has 0 aliphatic rings. The Labute approximate surface area is 103 Å². The van der Waals surface area contributed by atoms with Crippen molar-refractivity contribution in [3.8, 4) is 0 Å². The van der Waals surface area contributed by atoms with E-state index in [9.17, 15) is 4.79 Å². The maximum atomic E-state index is 11.6. The minimum atomic E-state index is 0.0710. The van der Waals surface area contributed by atoms with Crippen LogP contribution in [0.1, 0.15) is 31.4 Å². The van der Waals surface area contributed by atoms with Crippen LogP contribution in [0.5, 0.6) is 0 Å². The predicted molar refractivity (Wildman–Crippen MR) is 68.6 cm³/mol. The van der Waals surface area contributed by atoms with Crippen molar-refractivity contribution >= 4 is 5.91 Å². The molecule has 1 aromatic rings. The van der Waals surface area contributed by atoms with Gasteiger partial charge in [-0.05, 0) is 37.6 Å². The first-order valence-electron chi connectivity index (χ1n) is 6.03. The summed E-state index contributed by atoms with van der Waals surface area (Å²) in [6.45, 7) is 7.50. The number of amides is 1. The van der Waals surface area contributed by atoms with Crippen LogP contribution < -0.4 is 10.6 Å². The van der Waals surface area contributed by atoms with Gasteiger partial charge in [0, 0.05) is 31.4 Å². The van der Waals surface area contributed by atoms with Crippen LogP contribution in [0.25, 0.3) is 0 Å². The van der Waals surface area contributed by atoms with E-state index < -0.39 is 0 Å². The van der Waals surface area contributed by atoms with E-state index in [1.807, 2.05) is 26.8 Å². The summed E-state index contributed by atoms with van der Waals surface area (Å²) in [6, 6.07) is 2.16. The normalized spacial score (nSPS) is 12.2. The fraction of sp³-hybridized carbons (Fsp3) is 0.538. The van der Waals surface area contributed by atoms with E-state index in [-0.39, 0.29) is 11.9 Å². The first kappa shape index (κ1) is 13.6. The number of aryl methyl sites for hydroxylation is 1. The quantitative estimate of drug-likeness (QED) is 0.783. The summed E-state index contributed by atoms with van der Waals surface area (Å²) in [5, 5.41) is 6.12. The first-order valence-corrected chi connectivity index (χ1v) is 6.03. The van der Waals surface area contributed by atoms with Crippen molar-refractivity contribution in [3.05, 3.63) is 29.6 Å². The first-order chi connectivity index (χ1) is 8.13. The molecule has 1 unspecified atom stereocenters. The average Bonchev–Trinajstić information content (AvgIpc) is 2.28. The van der Waals surface area contributed by atoms with E-state index >= 15 is 0 Å². The number of rotatable bonds is 6. The highest BCUT2D eigenvalue weighted by Gasteiger charge is 2.07. The summed E-state index contributed by atoms with van der Waals surface area (Å²) in [4.78, 5) is 15.7. The second-order valence-electron chi connectivity index (χ2n) is 4.24. The zero-order chi connectivity index (χ0) is 12.7. The van der Waals surface area contributed by atoms with Crippen molar-refractivity contribution in [2.75, 3.05) is 6.54 Å². The van der Waals surface area contributed by atoms with Gasteiger partial charge in [-0.15, -0.1) is 0 Å². The Morgan fingerprint density at radius 3 is 2.94 bits per heavy atom. The number of carbonyl (C=O) groups is 1. The van der Waals surface area contributed by atoms with Crippen LogP contribution in [0.3, 0.4) is 0 Å². The lowest BCUT2D eigenvalue weighted by Gasteiger charge is -2.12. The number of nitrogens with one attached hydrogen (secondary N) is 2. The van der Waals surface area contributed by atoms with Gasteiger partial charge in [0.1, 0.15) is 0 Å². The molecule has 0 aliphatic carbocycles. The molecular formula is C13H21N3O. The molecule has 0 aliphatic heterocycles. The number of hydrogen-bond donors (Lipinski definition) is 2. The van der Waals surface area contributed by atoms with Gasteiger partial charge in [-0.1, -0.05) is 6.92 Å². The number of nitrogens with zero attached hydrogens (tertiary/aromatic N) is 1. The highest BCUT2D eigenvalue weighted by Crippen LogP contribution is 2.04. The van der Waals surface area contributed by atoms with Gasteiger partial charge in [-0.3, -0.25) is 9.78 Å². The standard InChI is InChI=1S/C13H21N3O/c1-4-15-11(3)7-13(17)16-9-12-8-14-6-5-10(12)2/h5-6,8,11,15H,4,7,9H2,1-3H3,(H,16,17). The second kappa shape index (κ2) is 7.01. The maximum Gasteiger partial charge on any atom is 0.221 e. The molecule has 4 nitrogen and oxygen atoms in total. The van der Waals surface area contributed by atoms with E-state index in [1.54, 1.807) is 12.4 Å². The third-order valence-electron chi connectivity index (χ3n) is 2.67. The summed E-state index contributed by atoms with van der Waals surface area (Å²) >= 11 is 0. The van der Waals surface area contributed by atoms with Crippen molar-refractivity contribution in [3.63, 3.8) is 0 Å². The molecular weight excluding hydrogens is 214 g/mol. The predicted octanol–water partition coefficient (Wildman–Crippen LogP) is 1.39. The highest BCUT2D eigenvalue weighted by molar-refractivity contribution is 5.76. The van der Waals surface area contributed by atoms with Crippen molar-refractivity contribution < 1.29 is 4.79 Å². The van der Waals surface area contributed by atoms with Crippen LogP contribution >= 0.6 is 0 Å². The number of pyridine rings is 1. The maximum absolute atomic E-state index is 11.6. The molecule has 0 fully saturated rings. The zero-order valence-electron chi connectivity index (χ0n) is 10.8. The summed E-state index contributed by atoms with van der Waals surface area (Å²) in [7, 11) is 0. The van der Waals surface area contributed by atoms with Gasteiger partial charge in [0.05, 0.1) is 0 Å². The van der Waals surface area contributed by atoms with Crippen LogP contribution in [0.2, 0.25) is 0 Å². The molecule has 2 N–H and O–H groups in total. The molecule has 0 saturated carbocycles. The topological polar surface area (TPSA) is 54.0 Å². The lowest BCUT2D eigenvalue weighted by atomic mass is 10.1. The van der Waals surface area contributed by atoms with Gasteiger partial charge in [-0.25, -0.2) is 0 Å². The lowest BCUT2D eigenvalue weighted by molar-refractivity contribution is -0.121. The highest BCUT2D eigenvalue weighted by atomic mass is 16.1. The van der Waals surface area contributed by atoms with Gasteiger partial charge in [0.15, 0.2) is 0 Å². The van der Waals surface area contributed by atoms with E-state index in [0.29, 0.717) is 13.0 Å². The summed E-state index contributed by atoms with van der Waals surface area (Å²) in [5.41, 5.74) is 2.22. The van der Waals surface area contributed by atoms with Gasteiger partial charge in [-0.2, -0.15) is 0 Å². The molecule has 1 rings (SSSR count). The van der Waals surface area contributed by atoms with Gasteiger partial charge >= 0.3 is 0 Å². The van der Waals surface area contributed by atoms with Crippen LogP contribution in [0, 0.1) is 6.92 Å². The second-order valence-corrected chi connectivity index (χ2v) is 4.24. The van der Waals surface area contributed by atoms with Crippen LogP contribution in [-0.2, 0) is 11.3 Å². The average molecular weight is 235 g/mol. The Morgan fingerprint density at radius 2 is 2.29 bits per heavy atom. The molecule has 1 atom stereocenters. The summed E-state index contributed by atoms with van der Waals surface area (Å²) < 4.78 is 0. The van der Waals surface area contributed by atoms with E-state index in [4.69, 9.17) is 0 Å². The van der Waals surface area contributed by atoms with Crippen molar-refractivity contribution in [1.29, 1.82) is 0 Å². The molecule has 0 bridgehead atoms. The van der Waals surface area contributed by atoms with Crippen LogP contribution in [-0.4, -0.2) is 23.5 Å². The third-order valence-corrected chi connectivity index (χ3v) is 2.67. The Hall–Kier alpha value is -1.42. The molecule has 94 valence electrons. The fourth-order valence-corrected chi connectivity index (χ4v) is 1.65. The van der Waals surface area contributed by atoms with Gasteiger partial charge in [0.25, 0.3) is 0 Å². The van der Waals surface area contributed by atoms with Crippen molar-refractivity contribution in [2.45, 2.75) is 39.8 Å². The molecule has 4 heteroatoms. The van der Waals surface area contributed by atoms with Gasteiger partial charge < -0.3 is 10.6 Å². The largest absolute Gasteiger partial charge is 0.352 e.